The average molecular weight is 253 g/mol. The van der Waals surface area contributed by atoms with Gasteiger partial charge in [-0.25, -0.2) is 4.98 Å². The first-order valence-corrected chi connectivity index (χ1v) is 5.31. The van der Waals surface area contributed by atoms with Crippen LogP contribution < -0.4 is 11.1 Å². The Morgan fingerprint density at radius 2 is 2.19 bits per heavy atom. The molecule has 0 spiro atoms. The highest BCUT2D eigenvalue weighted by atomic mass is 35.5. The van der Waals surface area contributed by atoms with Crippen LogP contribution in [-0.4, -0.2) is 9.97 Å². The number of rotatable bonds is 2. The van der Waals surface area contributed by atoms with E-state index in [2.05, 4.69) is 15.3 Å². The first-order valence-electron chi connectivity index (χ1n) is 4.53. The molecular weight excluding hydrogens is 244 g/mol. The maximum atomic E-state index is 5.87. The first-order chi connectivity index (χ1) is 7.63. The molecule has 1 aromatic heterocycles. The van der Waals surface area contributed by atoms with Crippen LogP contribution in [0.15, 0.2) is 30.3 Å². The molecule has 0 amide bonds. The van der Waals surface area contributed by atoms with Crippen molar-refractivity contribution in [3.8, 4) is 0 Å². The number of benzene rings is 1. The van der Waals surface area contributed by atoms with E-state index < -0.39 is 0 Å². The minimum absolute atomic E-state index is 0.275. The maximum absolute atomic E-state index is 5.87. The minimum Gasteiger partial charge on any atom is -0.369 e. The van der Waals surface area contributed by atoms with Crippen molar-refractivity contribution in [3.05, 3.63) is 40.0 Å². The summed E-state index contributed by atoms with van der Waals surface area (Å²) in [4.78, 5) is 6.73. The molecule has 4 N–H and O–H groups in total. The third-order valence-corrected chi connectivity index (χ3v) is 2.31. The molecule has 0 bridgehead atoms. The summed E-state index contributed by atoms with van der Waals surface area (Å²) in [5.41, 5.74) is 6.39. The Morgan fingerprint density at radius 3 is 2.88 bits per heavy atom. The summed E-state index contributed by atoms with van der Waals surface area (Å²) in [7, 11) is 0. The van der Waals surface area contributed by atoms with Crippen LogP contribution in [0.1, 0.15) is 0 Å². The van der Waals surface area contributed by atoms with E-state index in [1.807, 2.05) is 12.1 Å². The largest absolute Gasteiger partial charge is 0.369 e. The molecule has 2 rings (SSSR count). The monoisotopic (exact) mass is 252 g/mol. The molecular formula is C10H9ClN4S. The summed E-state index contributed by atoms with van der Waals surface area (Å²) in [6.07, 6.45) is 0. The maximum Gasteiger partial charge on any atom is 0.200 e. The quantitative estimate of drug-likeness (QED) is 0.719. The standard InChI is InChI=1S/C10H9ClN4S/c11-6-2-1-3-7(4-6)13-8-5-9(16)15-10(12)14-8/h1-5H,(H4,12,13,14,15,16). The average Bonchev–Trinajstić information content (AvgIpc) is 2.15. The SMILES string of the molecule is Nc1nc(=S)cc(Nc2cccc(Cl)c2)[nH]1. The molecule has 0 unspecified atom stereocenters. The van der Waals surface area contributed by atoms with Gasteiger partial charge in [-0.2, -0.15) is 0 Å². The molecule has 4 nitrogen and oxygen atoms in total. The number of hydrogen-bond donors (Lipinski definition) is 3. The second-order valence-corrected chi connectivity index (χ2v) is 4.01. The summed E-state index contributed by atoms with van der Waals surface area (Å²) in [6, 6.07) is 9.03. The van der Waals surface area contributed by atoms with E-state index in [9.17, 15) is 0 Å². The van der Waals surface area contributed by atoms with Gasteiger partial charge in [0.2, 0.25) is 0 Å². The zero-order chi connectivity index (χ0) is 11.5. The topological polar surface area (TPSA) is 66.7 Å². The van der Waals surface area contributed by atoms with E-state index in [1.165, 1.54) is 0 Å². The molecule has 0 aliphatic heterocycles. The number of nitrogens with zero attached hydrogens (tertiary/aromatic N) is 1. The van der Waals surface area contributed by atoms with Crippen LogP contribution in [0.3, 0.4) is 0 Å². The zero-order valence-corrected chi connectivity index (χ0v) is 9.77. The molecule has 1 aromatic carbocycles. The lowest BCUT2D eigenvalue weighted by Gasteiger charge is -2.07. The molecule has 2 aromatic rings. The molecule has 0 saturated carbocycles. The Bertz CT molecular complexity index is 567. The van der Waals surface area contributed by atoms with Crippen molar-refractivity contribution < 1.29 is 0 Å². The fraction of sp³-hybridized carbons (Fsp3) is 0. The minimum atomic E-state index is 0.275. The second kappa shape index (κ2) is 4.51. The van der Waals surface area contributed by atoms with Crippen molar-refractivity contribution in [2.75, 3.05) is 11.1 Å². The number of hydrogen-bond acceptors (Lipinski definition) is 4. The number of nitrogen functional groups attached to an aromatic ring is 1. The van der Waals surface area contributed by atoms with Gasteiger partial charge in [-0.15, -0.1) is 0 Å². The van der Waals surface area contributed by atoms with Gasteiger partial charge in [-0.05, 0) is 18.2 Å². The predicted octanol–water partition coefficient (Wildman–Crippen LogP) is 3.12. The number of nitrogens with two attached hydrogens (primary N) is 1. The molecule has 0 fully saturated rings. The van der Waals surface area contributed by atoms with Gasteiger partial charge in [-0.1, -0.05) is 29.9 Å². The van der Waals surface area contributed by atoms with Gasteiger partial charge in [0.25, 0.3) is 0 Å². The van der Waals surface area contributed by atoms with Crippen LogP contribution in [-0.2, 0) is 0 Å². The lowest BCUT2D eigenvalue weighted by atomic mass is 10.3. The summed E-state index contributed by atoms with van der Waals surface area (Å²) < 4.78 is 0.431. The molecule has 82 valence electrons. The van der Waals surface area contributed by atoms with Crippen LogP contribution in [0.4, 0.5) is 17.5 Å². The van der Waals surface area contributed by atoms with Crippen molar-refractivity contribution >= 4 is 41.3 Å². The van der Waals surface area contributed by atoms with Gasteiger partial charge in [0.05, 0.1) is 0 Å². The Balaban J connectivity index is 2.30. The van der Waals surface area contributed by atoms with Crippen LogP contribution in [0, 0.1) is 4.64 Å². The molecule has 1 heterocycles. The van der Waals surface area contributed by atoms with Gasteiger partial charge >= 0.3 is 0 Å². The predicted molar refractivity (Wildman–Crippen MR) is 68.6 cm³/mol. The van der Waals surface area contributed by atoms with Gasteiger partial charge in [-0.3, -0.25) is 0 Å². The molecule has 0 atom stereocenters. The third-order valence-electron chi connectivity index (χ3n) is 1.86. The van der Waals surface area contributed by atoms with E-state index in [-0.39, 0.29) is 5.95 Å². The van der Waals surface area contributed by atoms with E-state index in [4.69, 9.17) is 29.6 Å². The van der Waals surface area contributed by atoms with E-state index >= 15 is 0 Å². The van der Waals surface area contributed by atoms with Gasteiger partial charge in [0.15, 0.2) is 5.95 Å². The Morgan fingerprint density at radius 1 is 1.38 bits per heavy atom. The lowest BCUT2D eigenvalue weighted by Crippen LogP contribution is -1.99. The normalized spacial score (nSPS) is 10.1. The highest BCUT2D eigenvalue weighted by Gasteiger charge is 1.97. The van der Waals surface area contributed by atoms with E-state index in [0.717, 1.165) is 5.69 Å². The smallest absolute Gasteiger partial charge is 0.200 e. The van der Waals surface area contributed by atoms with Crippen LogP contribution in [0.25, 0.3) is 0 Å². The Labute approximate surface area is 102 Å². The summed E-state index contributed by atoms with van der Waals surface area (Å²) in [5, 5.41) is 3.76. The van der Waals surface area contributed by atoms with Gasteiger partial charge < -0.3 is 16.0 Å². The molecule has 16 heavy (non-hydrogen) atoms. The fourth-order valence-corrected chi connectivity index (χ4v) is 1.67. The highest BCUT2D eigenvalue weighted by molar-refractivity contribution is 7.71. The van der Waals surface area contributed by atoms with Crippen LogP contribution >= 0.6 is 23.8 Å². The highest BCUT2D eigenvalue weighted by Crippen LogP contribution is 2.18. The summed E-state index contributed by atoms with van der Waals surface area (Å²) in [5.74, 6) is 0.955. The number of nitrogens with one attached hydrogen (secondary N) is 2. The molecule has 0 aliphatic carbocycles. The first kappa shape index (κ1) is 10.9. The number of anilines is 3. The van der Waals surface area contributed by atoms with Gasteiger partial charge in [0, 0.05) is 16.8 Å². The summed E-state index contributed by atoms with van der Waals surface area (Å²) in [6.45, 7) is 0. The number of aromatic nitrogens is 2. The lowest BCUT2D eigenvalue weighted by molar-refractivity contribution is 1.17. The molecule has 6 heteroatoms. The Hall–Kier alpha value is -1.59. The summed E-state index contributed by atoms with van der Waals surface area (Å²) >= 11 is 10.8. The second-order valence-electron chi connectivity index (χ2n) is 3.15. The van der Waals surface area contributed by atoms with Gasteiger partial charge in [0.1, 0.15) is 10.5 Å². The van der Waals surface area contributed by atoms with E-state index in [0.29, 0.717) is 15.5 Å². The molecule has 0 aliphatic rings. The molecule has 0 radical (unpaired) electrons. The van der Waals surface area contributed by atoms with Crippen molar-refractivity contribution in [3.63, 3.8) is 0 Å². The van der Waals surface area contributed by atoms with Crippen LogP contribution in [0.2, 0.25) is 5.02 Å². The zero-order valence-electron chi connectivity index (χ0n) is 8.20. The van der Waals surface area contributed by atoms with E-state index in [1.54, 1.807) is 18.2 Å². The number of H-pyrrole nitrogens is 1. The Kier molecular flexibility index (Phi) is 3.07. The van der Waals surface area contributed by atoms with Crippen molar-refractivity contribution in [2.24, 2.45) is 0 Å². The number of aromatic amines is 1. The van der Waals surface area contributed by atoms with Crippen molar-refractivity contribution in [2.45, 2.75) is 0 Å². The fourth-order valence-electron chi connectivity index (χ4n) is 1.27. The van der Waals surface area contributed by atoms with Crippen LogP contribution in [0.5, 0.6) is 0 Å². The molecule has 0 saturated heterocycles. The third kappa shape index (κ3) is 2.71. The van der Waals surface area contributed by atoms with Crippen molar-refractivity contribution in [1.29, 1.82) is 0 Å². The van der Waals surface area contributed by atoms with Crippen molar-refractivity contribution in [1.82, 2.24) is 9.97 Å². The number of halogens is 1.